The molecular formula is C24H29BFNO4. The number of rotatable bonds is 6. The summed E-state index contributed by atoms with van der Waals surface area (Å²) in [5, 5.41) is 2.77. The van der Waals surface area contributed by atoms with Gasteiger partial charge in [-0.15, -0.1) is 0 Å². The lowest BCUT2D eigenvalue weighted by molar-refractivity contribution is 0.00578. The molecule has 1 amide bonds. The van der Waals surface area contributed by atoms with Crippen LogP contribution in [-0.4, -0.2) is 31.0 Å². The molecule has 0 bridgehead atoms. The summed E-state index contributed by atoms with van der Waals surface area (Å²) in [7, 11) is -0.649. The molecule has 0 saturated carbocycles. The number of hydrogen-bond acceptors (Lipinski definition) is 4. The van der Waals surface area contributed by atoms with Crippen molar-refractivity contribution in [1.82, 2.24) is 5.32 Å². The number of halogens is 1. The van der Waals surface area contributed by atoms with Gasteiger partial charge in [0.1, 0.15) is 12.4 Å². The number of alkyl carbamates (subject to hydrolysis) is 1. The number of aryl methyl sites for hydroxylation is 1. The van der Waals surface area contributed by atoms with E-state index in [1.54, 1.807) is 6.07 Å². The molecular weight excluding hydrogens is 396 g/mol. The van der Waals surface area contributed by atoms with Crippen molar-refractivity contribution in [3.05, 3.63) is 76.5 Å². The van der Waals surface area contributed by atoms with Crippen molar-refractivity contribution in [3.63, 3.8) is 0 Å². The molecule has 1 heterocycles. The van der Waals surface area contributed by atoms with E-state index in [0.29, 0.717) is 5.47 Å². The van der Waals surface area contributed by atoms with Gasteiger partial charge in [0, 0.05) is 6.54 Å². The summed E-state index contributed by atoms with van der Waals surface area (Å²) in [5.41, 5.74) is 2.17. The van der Waals surface area contributed by atoms with Crippen LogP contribution in [0.2, 0.25) is 0 Å². The van der Waals surface area contributed by atoms with E-state index in [9.17, 15) is 9.18 Å². The number of benzene rings is 2. The van der Waals surface area contributed by atoms with Gasteiger partial charge in [-0.1, -0.05) is 42.5 Å². The standard InChI is InChI=1S/C24H29BFNO4/c1-17-13-21(26)12-11-19(17)14-20(25-30-23(2,3)24(4,5)31-25)15-27-22(28)29-16-18-9-7-6-8-10-18/h6-14H,15-16H2,1-5H3,(H,27,28). The smallest absolute Gasteiger partial charge is 0.445 e. The van der Waals surface area contributed by atoms with Crippen LogP contribution < -0.4 is 5.32 Å². The summed E-state index contributed by atoms with van der Waals surface area (Å²) in [6.45, 7) is 10.0. The van der Waals surface area contributed by atoms with Crippen molar-refractivity contribution in [3.8, 4) is 0 Å². The van der Waals surface area contributed by atoms with Crippen LogP contribution >= 0.6 is 0 Å². The molecule has 0 radical (unpaired) electrons. The monoisotopic (exact) mass is 425 g/mol. The second-order valence-electron chi connectivity index (χ2n) is 8.72. The third-order valence-corrected chi connectivity index (χ3v) is 5.78. The van der Waals surface area contributed by atoms with Crippen molar-refractivity contribution in [1.29, 1.82) is 0 Å². The summed E-state index contributed by atoms with van der Waals surface area (Å²) in [6.07, 6.45) is 1.33. The van der Waals surface area contributed by atoms with Gasteiger partial charge in [-0.05, 0) is 68.9 Å². The molecule has 1 N–H and O–H groups in total. The Labute approximate surface area is 183 Å². The van der Waals surface area contributed by atoms with Crippen LogP contribution in [0.25, 0.3) is 6.08 Å². The Kier molecular flexibility index (Phi) is 6.87. The van der Waals surface area contributed by atoms with E-state index in [1.165, 1.54) is 12.1 Å². The van der Waals surface area contributed by atoms with E-state index in [1.807, 2.05) is 71.0 Å². The zero-order valence-electron chi connectivity index (χ0n) is 18.7. The molecule has 3 rings (SSSR count). The fraction of sp³-hybridized carbons (Fsp3) is 0.375. The number of ether oxygens (including phenoxy) is 1. The van der Waals surface area contributed by atoms with Crippen molar-refractivity contribution in [2.45, 2.75) is 52.4 Å². The molecule has 5 nitrogen and oxygen atoms in total. The zero-order chi connectivity index (χ0) is 22.6. The van der Waals surface area contributed by atoms with Crippen LogP contribution in [0.4, 0.5) is 9.18 Å². The van der Waals surface area contributed by atoms with Gasteiger partial charge in [-0.25, -0.2) is 9.18 Å². The molecule has 31 heavy (non-hydrogen) atoms. The summed E-state index contributed by atoms with van der Waals surface area (Å²) >= 11 is 0. The van der Waals surface area contributed by atoms with E-state index < -0.39 is 24.4 Å². The van der Waals surface area contributed by atoms with Gasteiger partial charge in [0.2, 0.25) is 0 Å². The normalized spacial score (nSPS) is 17.5. The van der Waals surface area contributed by atoms with E-state index in [-0.39, 0.29) is 19.0 Å². The Balaban J connectivity index is 1.74. The summed E-state index contributed by atoms with van der Waals surface area (Å²) in [6, 6.07) is 14.0. The molecule has 1 aliphatic heterocycles. The molecule has 0 aromatic heterocycles. The van der Waals surface area contributed by atoms with E-state index in [4.69, 9.17) is 14.0 Å². The van der Waals surface area contributed by atoms with Crippen molar-refractivity contribution in [2.24, 2.45) is 0 Å². The molecule has 0 unspecified atom stereocenters. The number of hydrogen-bond donors (Lipinski definition) is 1. The molecule has 0 spiro atoms. The molecule has 2 aromatic rings. The molecule has 7 heteroatoms. The van der Waals surface area contributed by atoms with E-state index in [0.717, 1.165) is 16.7 Å². The van der Waals surface area contributed by atoms with Crippen molar-refractivity contribution >= 4 is 19.3 Å². The second kappa shape index (κ2) is 9.24. The molecule has 1 aliphatic rings. The number of nitrogens with one attached hydrogen (secondary N) is 1. The predicted molar refractivity (Wildman–Crippen MR) is 120 cm³/mol. The quantitative estimate of drug-likeness (QED) is 0.657. The van der Waals surface area contributed by atoms with E-state index >= 15 is 0 Å². The van der Waals surface area contributed by atoms with Crippen LogP contribution in [0, 0.1) is 12.7 Å². The Morgan fingerprint density at radius 3 is 2.35 bits per heavy atom. The first kappa shape index (κ1) is 23.0. The van der Waals surface area contributed by atoms with Gasteiger partial charge in [0.05, 0.1) is 11.2 Å². The topological polar surface area (TPSA) is 56.8 Å². The van der Waals surface area contributed by atoms with Crippen LogP contribution in [0.15, 0.2) is 54.0 Å². The average molecular weight is 425 g/mol. The van der Waals surface area contributed by atoms with Crippen LogP contribution in [0.3, 0.4) is 0 Å². The largest absolute Gasteiger partial charge is 0.492 e. The van der Waals surface area contributed by atoms with Gasteiger partial charge in [-0.3, -0.25) is 0 Å². The highest BCUT2D eigenvalue weighted by Crippen LogP contribution is 2.38. The zero-order valence-corrected chi connectivity index (χ0v) is 18.7. The van der Waals surface area contributed by atoms with Crippen LogP contribution in [-0.2, 0) is 20.7 Å². The molecule has 0 aliphatic carbocycles. The minimum Gasteiger partial charge on any atom is -0.445 e. The fourth-order valence-corrected chi connectivity index (χ4v) is 3.15. The summed E-state index contributed by atoms with van der Waals surface area (Å²) in [4.78, 5) is 12.3. The van der Waals surface area contributed by atoms with Gasteiger partial charge in [0.25, 0.3) is 0 Å². The Bertz CT molecular complexity index is 943. The first-order chi connectivity index (χ1) is 14.6. The highest BCUT2D eigenvalue weighted by Gasteiger charge is 2.52. The second-order valence-corrected chi connectivity index (χ2v) is 8.72. The lowest BCUT2D eigenvalue weighted by atomic mass is 9.76. The average Bonchev–Trinajstić information content (AvgIpc) is 2.93. The molecule has 1 saturated heterocycles. The summed E-state index contributed by atoms with van der Waals surface area (Å²) in [5.74, 6) is -0.297. The minimum absolute atomic E-state index is 0.168. The van der Waals surface area contributed by atoms with E-state index in [2.05, 4.69) is 5.32 Å². The first-order valence-corrected chi connectivity index (χ1v) is 10.3. The lowest BCUT2D eigenvalue weighted by Crippen LogP contribution is -2.41. The number of carbonyl (C=O) groups excluding carboxylic acids is 1. The van der Waals surface area contributed by atoms with Gasteiger partial charge in [0.15, 0.2) is 0 Å². The maximum absolute atomic E-state index is 13.5. The maximum atomic E-state index is 13.5. The van der Waals surface area contributed by atoms with Gasteiger partial charge < -0.3 is 19.4 Å². The molecule has 1 fully saturated rings. The predicted octanol–water partition coefficient (Wildman–Crippen LogP) is 5.08. The highest BCUT2D eigenvalue weighted by atomic mass is 19.1. The molecule has 0 atom stereocenters. The Hall–Kier alpha value is -2.64. The number of carbonyl (C=O) groups is 1. The molecule has 2 aromatic carbocycles. The third-order valence-electron chi connectivity index (χ3n) is 5.78. The Morgan fingerprint density at radius 2 is 1.74 bits per heavy atom. The third kappa shape index (κ3) is 5.74. The first-order valence-electron chi connectivity index (χ1n) is 10.3. The Morgan fingerprint density at radius 1 is 1.10 bits per heavy atom. The number of amides is 1. The van der Waals surface area contributed by atoms with Gasteiger partial charge in [-0.2, -0.15) is 0 Å². The maximum Gasteiger partial charge on any atom is 0.492 e. The lowest BCUT2D eigenvalue weighted by Gasteiger charge is -2.32. The molecule has 164 valence electrons. The highest BCUT2D eigenvalue weighted by molar-refractivity contribution is 6.56. The van der Waals surface area contributed by atoms with Crippen LogP contribution in [0.1, 0.15) is 44.4 Å². The van der Waals surface area contributed by atoms with Crippen molar-refractivity contribution in [2.75, 3.05) is 6.54 Å². The van der Waals surface area contributed by atoms with Gasteiger partial charge >= 0.3 is 13.2 Å². The SMILES string of the molecule is Cc1cc(F)ccc1C=C(CNC(=O)OCc1ccccc1)B1OC(C)(C)C(C)(C)O1. The van der Waals surface area contributed by atoms with Crippen molar-refractivity contribution < 1.29 is 23.2 Å². The fourth-order valence-electron chi connectivity index (χ4n) is 3.15. The minimum atomic E-state index is -0.649. The summed E-state index contributed by atoms with van der Waals surface area (Å²) < 4.78 is 31.2. The van der Waals surface area contributed by atoms with Crippen LogP contribution in [0.5, 0.6) is 0 Å².